The van der Waals surface area contributed by atoms with Crippen molar-refractivity contribution in [3.05, 3.63) is 53.4 Å². The molecule has 2 aromatic rings. The van der Waals surface area contributed by atoms with Crippen LogP contribution in [-0.4, -0.2) is 21.0 Å². The van der Waals surface area contributed by atoms with Crippen molar-refractivity contribution in [3.63, 3.8) is 0 Å². The third kappa shape index (κ3) is 3.53. The first-order chi connectivity index (χ1) is 9.99. The van der Waals surface area contributed by atoms with E-state index < -0.39 is 5.97 Å². The van der Waals surface area contributed by atoms with E-state index in [0.29, 0.717) is 11.4 Å². The average molecular weight is 289 g/mol. The Morgan fingerprint density at radius 1 is 1.38 bits per heavy atom. The number of carbonyl (C=O) groups is 1. The fourth-order valence-electron chi connectivity index (χ4n) is 1.80. The molecule has 0 aliphatic rings. The van der Waals surface area contributed by atoms with Crippen molar-refractivity contribution >= 4 is 11.7 Å². The van der Waals surface area contributed by atoms with Gasteiger partial charge < -0.3 is 10.4 Å². The number of rotatable bonds is 5. The van der Waals surface area contributed by atoms with Gasteiger partial charge in [0.05, 0.1) is 11.9 Å². The summed E-state index contributed by atoms with van der Waals surface area (Å²) in [4.78, 5) is 19.4. The van der Waals surface area contributed by atoms with Gasteiger partial charge in [0, 0.05) is 18.0 Å². The van der Waals surface area contributed by atoms with E-state index in [0.717, 1.165) is 0 Å². The van der Waals surface area contributed by atoms with Gasteiger partial charge in [-0.15, -0.1) is 0 Å². The van der Waals surface area contributed by atoms with Crippen molar-refractivity contribution in [1.29, 1.82) is 0 Å². The van der Waals surface area contributed by atoms with E-state index in [1.54, 1.807) is 18.2 Å². The van der Waals surface area contributed by atoms with E-state index in [9.17, 15) is 14.3 Å². The van der Waals surface area contributed by atoms with Gasteiger partial charge in [-0.25, -0.2) is 19.2 Å². The first-order valence-corrected chi connectivity index (χ1v) is 6.56. The first-order valence-electron chi connectivity index (χ1n) is 6.56. The number of carboxylic acid groups (broad SMARTS) is 1. The second-order valence-corrected chi connectivity index (χ2v) is 4.90. The third-order valence-corrected chi connectivity index (χ3v) is 2.95. The second kappa shape index (κ2) is 6.30. The summed E-state index contributed by atoms with van der Waals surface area (Å²) in [5, 5.41) is 12.1. The topological polar surface area (TPSA) is 75.1 Å². The van der Waals surface area contributed by atoms with Gasteiger partial charge in [-0.05, 0) is 6.07 Å². The molecule has 1 aromatic carbocycles. The molecule has 0 bridgehead atoms. The Morgan fingerprint density at radius 2 is 2.10 bits per heavy atom. The van der Waals surface area contributed by atoms with Crippen molar-refractivity contribution < 1.29 is 14.3 Å². The lowest BCUT2D eigenvalue weighted by Crippen LogP contribution is -2.12. The second-order valence-electron chi connectivity index (χ2n) is 4.90. The molecule has 1 heterocycles. The van der Waals surface area contributed by atoms with Gasteiger partial charge in [0.2, 0.25) is 0 Å². The summed E-state index contributed by atoms with van der Waals surface area (Å²) >= 11 is 0. The molecule has 5 nitrogen and oxygen atoms in total. The van der Waals surface area contributed by atoms with E-state index >= 15 is 0 Å². The molecule has 2 rings (SSSR count). The third-order valence-electron chi connectivity index (χ3n) is 2.95. The zero-order valence-electron chi connectivity index (χ0n) is 11.8. The SMILES string of the molecule is CC(C)c1ncc(NCc2ccccc2F)c(C(=O)O)n1. The molecule has 2 N–H and O–H groups in total. The minimum atomic E-state index is -1.14. The smallest absolute Gasteiger partial charge is 0.356 e. The van der Waals surface area contributed by atoms with Gasteiger partial charge >= 0.3 is 5.97 Å². The van der Waals surface area contributed by atoms with Gasteiger partial charge in [-0.3, -0.25) is 0 Å². The van der Waals surface area contributed by atoms with Crippen LogP contribution in [0.4, 0.5) is 10.1 Å². The Hall–Kier alpha value is -2.50. The zero-order valence-corrected chi connectivity index (χ0v) is 11.8. The quantitative estimate of drug-likeness (QED) is 0.884. The summed E-state index contributed by atoms with van der Waals surface area (Å²) in [6.45, 7) is 3.93. The van der Waals surface area contributed by atoms with Crippen molar-refractivity contribution in [1.82, 2.24) is 9.97 Å². The summed E-state index contributed by atoms with van der Waals surface area (Å²) in [5.41, 5.74) is 0.613. The highest BCUT2D eigenvalue weighted by Crippen LogP contribution is 2.18. The lowest BCUT2D eigenvalue weighted by Gasteiger charge is -2.11. The number of anilines is 1. The van der Waals surface area contributed by atoms with Crippen LogP contribution < -0.4 is 5.32 Å². The number of hydrogen-bond acceptors (Lipinski definition) is 4. The molecular formula is C15H16FN3O2. The summed E-state index contributed by atoms with van der Waals surface area (Å²) in [6.07, 6.45) is 1.42. The first kappa shape index (κ1) is 14.9. The van der Waals surface area contributed by atoms with Gasteiger partial charge in [0.15, 0.2) is 5.69 Å². The summed E-state index contributed by atoms with van der Waals surface area (Å²) in [5.74, 6) is -0.996. The lowest BCUT2D eigenvalue weighted by molar-refractivity contribution is 0.0691. The maximum absolute atomic E-state index is 13.5. The normalized spacial score (nSPS) is 10.7. The maximum Gasteiger partial charge on any atom is 0.356 e. The van der Waals surface area contributed by atoms with Gasteiger partial charge in [0.1, 0.15) is 11.6 Å². The molecule has 0 fully saturated rings. The number of aromatic nitrogens is 2. The summed E-state index contributed by atoms with van der Waals surface area (Å²) in [6, 6.07) is 6.30. The number of benzene rings is 1. The molecule has 0 atom stereocenters. The highest BCUT2D eigenvalue weighted by Gasteiger charge is 2.15. The van der Waals surface area contributed by atoms with Crippen LogP contribution in [0.3, 0.4) is 0 Å². The Morgan fingerprint density at radius 3 is 2.71 bits per heavy atom. The number of carboxylic acids is 1. The number of aromatic carboxylic acids is 1. The standard InChI is InChI=1S/C15H16FN3O2/c1-9(2)14-18-8-12(13(19-14)15(20)21)17-7-10-5-3-4-6-11(10)16/h3-6,8-9,17H,7H2,1-2H3,(H,20,21). The minimum Gasteiger partial charge on any atom is -0.476 e. The van der Waals surface area contributed by atoms with Crippen LogP contribution in [-0.2, 0) is 6.54 Å². The van der Waals surface area contributed by atoms with Crippen molar-refractivity contribution in [2.75, 3.05) is 5.32 Å². The predicted octanol–water partition coefficient (Wildman–Crippen LogP) is 3.05. The average Bonchev–Trinajstić information content (AvgIpc) is 2.46. The van der Waals surface area contributed by atoms with E-state index in [2.05, 4.69) is 15.3 Å². The summed E-state index contributed by atoms with van der Waals surface area (Å²) in [7, 11) is 0. The fraction of sp³-hybridized carbons (Fsp3) is 0.267. The lowest BCUT2D eigenvalue weighted by atomic mass is 10.2. The molecule has 0 amide bonds. The van der Waals surface area contributed by atoms with Gasteiger partial charge in [-0.1, -0.05) is 32.0 Å². The molecule has 0 unspecified atom stereocenters. The molecule has 21 heavy (non-hydrogen) atoms. The summed E-state index contributed by atoms with van der Waals surface area (Å²) < 4.78 is 13.5. The minimum absolute atomic E-state index is 0.0312. The van der Waals surface area contributed by atoms with E-state index in [4.69, 9.17) is 0 Å². The molecule has 1 aromatic heterocycles. The van der Waals surface area contributed by atoms with Crippen LogP contribution >= 0.6 is 0 Å². The molecule has 6 heteroatoms. The van der Waals surface area contributed by atoms with E-state index in [-0.39, 0.29) is 29.7 Å². The Labute approximate surface area is 121 Å². The Bertz CT molecular complexity index is 659. The van der Waals surface area contributed by atoms with Crippen molar-refractivity contribution in [2.45, 2.75) is 26.3 Å². The maximum atomic E-state index is 13.5. The number of hydrogen-bond donors (Lipinski definition) is 2. The largest absolute Gasteiger partial charge is 0.476 e. The van der Waals surface area contributed by atoms with Crippen LogP contribution in [0.1, 0.15) is 41.6 Å². The molecule has 110 valence electrons. The molecule has 0 aliphatic heterocycles. The molecule has 0 spiro atoms. The van der Waals surface area contributed by atoms with E-state index in [1.165, 1.54) is 12.3 Å². The molecule has 0 saturated carbocycles. The monoisotopic (exact) mass is 289 g/mol. The van der Waals surface area contributed by atoms with Crippen LogP contribution in [0.25, 0.3) is 0 Å². The molecule has 0 aliphatic carbocycles. The highest BCUT2D eigenvalue weighted by molar-refractivity contribution is 5.91. The van der Waals surface area contributed by atoms with Crippen LogP contribution in [0.15, 0.2) is 30.5 Å². The molecular weight excluding hydrogens is 273 g/mol. The van der Waals surface area contributed by atoms with Crippen LogP contribution in [0.2, 0.25) is 0 Å². The van der Waals surface area contributed by atoms with Gasteiger partial charge in [0.25, 0.3) is 0 Å². The van der Waals surface area contributed by atoms with E-state index in [1.807, 2.05) is 13.8 Å². The fourth-order valence-corrected chi connectivity index (χ4v) is 1.80. The molecule has 0 radical (unpaired) electrons. The van der Waals surface area contributed by atoms with Crippen molar-refractivity contribution in [2.24, 2.45) is 0 Å². The molecule has 0 saturated heterocycles. The predicted molar refractivity (Wildman–Crippen MR) is 76.8 cm³/mol. The van der Waals surface area contributed by atoms with Crippen LogP contribution in [0.5, 0.6) is 0 Å². The highest BCUT2D eigenvalue weighted by atomic mass is 19.1. The zero-order chi connectivity index (χ0) is 15.4. The number of nitrogens with one attached hydrogen (secondary N) is 1. The Kier molecular flexibility index (Phi) is 4.47. The van der Waals surface area contributed by atoms with Crippen molar-refractivity contribution in [3.8, 4) is 0 Å². The van der Waals surface area contributed by atoms with Crippen LogP contribution in [0, 0.1) is 5.82 Å². The Balaban J connectivity index is 2.24. The number of nitrogens with zero attached hydrogens (tertiary/aromatic N) is 2. The van der Waals surface area contributed by atoms with Gasteiger partial charge in [-0.2, -0.15) is 0 Å². The number of halogens is 1.